The van der Waals surface area contributed by atoms with Gasteiger partial charge in [-0.15, -0.1) is 0 Å². The molecule has 1 aromatic carbocycles. The Kier molecular flexibility index (Phi) is 8.77. The van der Waals surface area contributed by atoms with Crippen molar-refractivity contribution in [3.63, 3.8) is 0 Å². The average Bonchev–Trinajstić information content (AvgIpc) is 3.61. The van der Waals surface area contributed by atoms with E-state index in [9.17, 15) is 28.0 Å². The van der Waals surface area contributed by atoms with Gasteiger partial charge in [0.2, 0.25) is 18.0 Å². The number of alkyl carbamates (subject to hydrolysis) is 1. The number of aromatic nitrogens is 1. The molecule has 3 fully saturated rings. The van der Waals surface area contributed by atoms with Crippen LogP contribution in [0.3, 0.4) is 0 Å². The smallest absolute Gasteiger partial charge is 0.410 e. The highest BCUT2D eigenvalue weighted by Crippen LogP contribution is 2.35. The van der Waals surface area contributed by atoms with Crippen LogP contribution in [0.4, 0.5) is 13.6 Å². The van der Waals surface area contributed by atoms with Crippen molar-refractivity contribution >= 4 is 17.9 Å². The van der Waals surface area contributed by atoms with Gasteiger partial charge in [0.1, 0.15) is 23.4 Å². The molecular formula is C29H34F2N6O7. The first-order valence-corrected chi connectivity index (χ1v) is 14.7. The van der Waals surface area contributed by atoms with Crippen LogP contribution in [0, 0.1) is 11.6 Å². The number of halogens is 2. The Morgan fingerprint density at radius 3 is 2.68 bits per heavy atom. The minimum atomic E-state index is -0.879. The zero-order valence-electron chi connectivity index (χ0n) is 24.1. The van der Waals surface area contributed by atoms with E-state index in [0.29, 0.717) is 45.5 Å². The van der Waals surface area contributed by atoms with E-state index in [4.69, 9.17) is 14.2 Å². The van der Waals surface area contributed by atoms with Crippen molar-refractivity contribution in [3.8, 4) is 5.75 Å². The number of rotatable bonds is 9. The van der Waals surface area contributed by atoms with Crippen molar-refractivity contribution in [2.75, 3.05) is 59.3 Å². The van der Waals surface area contributed by atoms with E-state index < -0.39 is 47.5 Å². The fraction of sp³-hybridized carbons (Fsp3) is 0.517. The van der Waals surface area contributed by atoms with Gasteiger partial charge < -0.3 is 34.3 Å². The van der Waals surface area contributed by atoms with E-state index >= 15 is 0 Å². The lowest BCUT2D eigenvalue weighted by Gasteiger charge is -2.36. The van der Waals surface area contributed by atoms with Crippen LogP contribution < -0.4 is 20.8 Å². The normalized spacial score (nSPS) is 21.4. The summed E-state index contributed by atoms with van der Waals surface area (Å²) < 4.78 is 45.0. The van der Waals surface area contributed by atoms with Gasteiger partial charge in [0.15, 0.2) is 5.69 Å². The van der Waals surface area contributed by atoms with Crippen molar-refractivity contribution < 1.29 is 37.4 Å². The Balaban J connectivity index is 1.19. The molecule has 0 aliphatic carbocycles. The summed E-state index contributed by atoms with van der Waals surface area (Å²) in [5.41, 5.74) is -1.22. The summed E-state index contributed by atoms with van der Waals surface area (Å²) in [7, 11) is 0. The molecule has 6 rings (SSSR count). The van der Waals surface area contributed by atoms with E-state index in [1.807, 2.05) is 0 Å². The van der Waals surface area contributed by atoms with Gasteiger partial charge in [-0.1, -0.05) is 6.07 Å². The zero-order chi connectivity index (χ0) is 30.8. The van der Waals surface area contributed by atoms with Crippen molar-refractivity contribution in [2.45, 2.75) is 38.1 Å². The number of hydrogen-bond acceptors (Lipinski definition) is 9. The lowest BCUT2D eigenvalue weighted by molar-refractivity contribution is 0.0360. The average molecular weight is 617 g/mol. The zero-order valence-corrected chi connectivity index (χ0v) is 24.1. The third kappa shape index (κ3) is 6.12. The quantitative estimate of drug-likeness (QED) is 0.391. The van der Waals surface area contributed by atoms with Gasteiger partial charge in [-0.25, -0.2) is 13.6 Å². The number of hydrogen-bond donors (Lipinski definition) is 2. The van der Waals surface area contributed by atoms with Gasteiger partial charge in [-0.3, -0.25) is 24.2 Å². The van der Waals surface area contributed by atoms with Crippen LogP contribution >= 0.6 is 0 Å². The predicted octanol–water partition coefficient (Wildman–Crippen LogP) is 0.711. The highest BCUT2D eigenvalue weighted by molar-refractivity contribution is 5.99. The second-order valence-corrected chi connectivity index (χ2v) is 11.2. The highest BCUT2D eigenvalue weighted by atomic mass is 19.1. The molecule has 5 heterocycles. The summed E-state index contributed by atoms with van der Waals surface area (Å²) in [6, 6.07) is 3.17. The fourth-order valence-electron chi connectivity index (χ4n) is 6.28. The number of carbonyl (C=O) groups excluding carboxylic acids is 3. The number of ether oxygens (including phenoxy) is 3. The van der Waals surface area contributed by atoms with Crippen LogP contribution in [0.15, 0.2) is 29.2 Å². The standard InChI is InChI=1S/C29H34F2N6O7/c30-19-4-3-18(22(31)12-19)13-33-27(39)21-15-35-16-23-36-6-1-2-20(36)14-37(23)28(40)24(35)26(25(21)38)43-17-44-29(41)32-5-7-34-8-10-42-11-9-34/h3-4,12,15,20,23H,1-2,5-11,13-14,16-17H2,(H,32,41)(H,33,39)/t20?,23-/m0/s1. The fourth-order valence-corrected chi connectivity index (χ4v) is 6.28. The van der Waals surface area contributed by atoms with E-state index in [1.165, 1.54) is 16.8 Å². The van der Waals surface area contributed by atoms with E-state index in [-0.39, 0.29) is 35.6 Å². The second-order valence-electron chi connectivity index (χ2n) is 11.2. The molecule has 2 aromatic rings. The minimum absolute atomic E-state index is 0.0270. The first-order valence-electron chi connectivity index (χ1n) is 14.7. The molecule has 0 spiro atoms. The molecular weight excluding hydrogens is 582 g/mol. The number of amides is 3. The largest absolute Gasteiger partial charge is 0.451 e. The molecule has 2 atom stereocenters. The van der Waals surface area contributed by atoms with E-state index in [2.05, 4.69) is 20.4 Å². The van der Waals surface area contributed by atoms with Crippen LogP contribution in [0.2, 0.25) is 0 Å². The van der Waals surface area contributed by atoms with Gasteiger partial charge in [-0.05, 0) is 18.9 Å². The van der Waals surface area contributed by atoms with Crippen LogP contribution in [-0.4, -0.2) is 109 Å². The maximum atomic E-state index is 14.1. The van der Waals surface area contributed by atoms with Crippen LogP contribution in [0.25, 0.3) is 0 Å². The number of fused-ring (bicyclic) bond motifs is 4. The van der Waals surface area contributed by atoms with Crippen molar-refractivity contribution in [1.29, 1.82) is 0 Å². The van der Waals surface area contributed by atoms with Crippen LogP contribution in [0.1, 0.15) is 39.3 Å². The second kappa shape index (κ2) is 12.9. The molecule has 4 aliphatic heterocycles. The molecule has 0 bridgehead atoms. The molecule has 236 valence electrons. The van der Waals surface area contributed by atoms with Crippen molar-refractivity contribution in [3.05, 3.63) is 63.1 Å². The third-order valence-electron chi connectivity index (χ3n) is 8.53. The first kappa shape index (κ1) is 30.0. The first-order chi connectivity index (χ1) is 21.3. The molecule has 1 unspecified atom stereocenters. The van der Waals surface area contributed by atoms with Crippen LogP contribution in [0.5, 0.6) is 5.75 Å². The Labute approximate surface area is 251 Å². The summed E-state index contributed by atoms with van der Waals surface area (Å²) >= 11 is 0. The van der Waals surface area contributed by atoms with Gasteiger partial charge >= 0.3 is 6.09 Å². The molecule has 0 radical (unpaired) electrons. The van der Waals surface area contributed by atoms with Gasteiger partial charge in [0, 0.05) is 69.7 Å². The topological polar surface area (TPSA) is 135 Å². The monoisotopic (exact) mass is 616 g/mol. The number of carbonyl (C=O) groups is 3. The van der Waals surface area contributed by atoms with Crippen molar-refractivity contribution in [2.24, 2.45) is 0 Å². The summed E-state index contributed by atoms with van der Waals surface area (Å²) in [5.74, 6) is -3.27. The molecule has 3 amide bonds. The van der Waals surface area contributed by atoms with Gasteiger partial charge in [0.25, 0.3) is 11.8 Å². The number of nitrogens with zero attached hydrogens (tertiary/aromatic N) is 4. The molecule has 3 saturated heterocycles. The number of pyridine rings is 1. The third-order valence-corrected chi connectivity index (χ3v) is 8.53. The highest BCUT2D eigenvalue weighted by Gasteiger charge is 2.48. The summed E-state index contributed by atoms with van der Waals surface area (Å²) in [5, 5.41) is 5.11. The molecule has 44 heavy (non-hydrogen) atoms. The summed E-state index contributed by atoms with van der Waals surface area (Å²) in [6.07, 6.45) is 2.27. The SMILES string of the molecule is O=C(NCCN1CCOCC1)OCOc1c2n(cc(C(=O)NCc3ccc(F)cc3F)c1=O)C[C@@H]1N(CC3CCCN31)C2=O. The Morgan fingerprint density at radius 1 is 1.07 bits per heavy atom. The molecule has 1 aromatic heterocycles. The van der Waals surface area contributed by atoms with Gasteiger partial charge in [0.05, 0.1) is 19.8 Å². The Hall–Kier alpha value is -4.08. The molecule has 4 aliphatic rings. The predicted molar refractivity (Wildman–Crippen MR) is 150 cm³/mol. The maximum absolute atomic E-state index is 14.1. The molecule has 0 saturated carbocycles. The number of morpholine rings is 1. The molecule has 13 nitrogen and oxygen atoms in total. The maximum Gasteiger partial charge on any atom is 0.410 e. The lowest BCUT2D eigenvalue weighted by Crippen LogP contribution is -2.50. The molecule has 2 N–H and O–H groups in total. The number of benzene rings is 1. The Morgan fingerprint density at radius 2 is 1.89 bits per heavy atom. The van der Waals surface area contributed by atoms with Crippen molar-refractivity contribution in [1.82, 2.24) is 29.9 Å². The van der Waals surface area contributed by atoms with E-state index in [1.54, 1.807) is 4.90 Å². The summed E-state index contributed by atoms with van der Waals surface area (Å²) in [6.45, 7) is 4.40. The minimum Gasteiger partial charge on any atom is -0.451 e. The Bertz CT molecular complexity index is 1500. The van der Waals surface area contributed by atoms with Gasteiger partial charge in [-0.2, -0.15) is 0 Å². The number of nitrogens with one attached hydrogen (secondary N) is 2. The summed E-state index contributed by atoms with van der Waals surface area (Å²) in [4.78, 5) is 58.9. The molecule has 15 heteroatoms. The van der Waals surface area contributed by atoms with Crippen LogP contribution in [-0.2, 0) is 22.6 Å². The lowest BCUT2D eigenvalue weighted by atomic mass is 10.1. The van der Waals surface area contributed by atoms with E-state index in [0.717, 1.165) is 38.5 Å².